The van der Waals surface area contributed by atoms with Crippen molar-refractivity contribution < 1.29 is 12.8 Å². The van der Waals surface area contributed by atoms with Crippen LogP contribution in [0.5, 0.6) is 0 Å². The summed E-state index contributed by atoms with van der Waals surface area (Å²) in [5.74, 6) is 1.65. The van der Waals surface area contributed by atoms with Gasteiger partial charge in [-0.05, 0) is 49.1 Å². The minimum atomic E-state index is -3.23. The number of hydrogen-bond acceptors (Lipinski definition) is 4. The van der Waals surface area contributed by atoms with Crippen LogP contribution in [0.2, 0.25) is 0 Å². The Kier molecular flexibility index (Phi) is 5.18. The van der Waals surface area contributed by atoms with E-state index < -0.39 is 9.84 Å². The summed E-state index contributed by atoms with van der Waals surface area (Å²) in [5.41, 5.74) is 2.94. The molecular weight excluding hydrogens is 370 g/mol. The lowest BCUT2D eigenvalue weighted by Crippen LogP contribution is -2.02. The molecule has 0 fully saturated rings. The van der Waals surface area contributed by atoms with E-state index in [0.717, 1.165) is 41.8 Å². The number of aromatic nitrogens is 1. The molecule has 0 saturated heterocycles. The van der Waals surface area contributed by atoms with E-state index in [2.05, 4.69) is 24.3 Å². The van der Waals surface area contributed by atoms with E-state index in [4.69, 9.17) is 9.40 Å². The standard InChI is InChI=1S/C23H23NO3S/c1-28(25,26)20-14-12-19(13-15-20)23-22(18-10-6-3-7-11-18)24-21(27-23)16-17-8-4-2-5-9-17/h2,4-6,8-10,12-15,18H,3,7,11,16H2,1H3. The summed E-state index contributed by atoms with van der Waals surface area (Å²) in [6, 6.07) is 17.0. The van der Waals surface area contributed by atoms with Crippen LogP contribution in [0.1, 0.15) is 42.3 Å². The first-order chi connectivity index (χ1) is 13.5. The van der Waals surface area contributed by atoms with Gasteiger partial charge in [0.2, 0.25) is 0 Å². The average Bonchev–Trinajstić information content (AvgIpc) is 3.13. The number of allylic oxidation sites excluding steroid dienone is 2. The molecule has 0 N–H and O–H groups in total. The molecule has 0 amide bonds. The SMILES string of the molecule is CS(=O)(=O)c1ccc(-c2oc(Cc3ccccc3)nc2C2C=CCCC2)cc1. The molecule has 0 saturated carbocycles. The minimum absolute atomic E-state index is 0.228. The Hall–Kier alpha value is -2.66. The molecule has 1 heterocycles. The highest BCUT2D eigenvalue weighted by Gasteiger charge is 2.23. The maximum Gasteiger partial charge on any atom is 0.199 e. The Bertz CT molecular complexity index is 1080. The first kappa shape index (κ1) is 18.7. The van der Waals surface area contributed by atoms with Crippen molar-refractivity contribution in [2.24, 2.45) is 0 Å². The molecule has 3 aromatic rings. The maximum atomic E-state index is 11.8. The lowest BCUT2D eigenvalue weighted by Gasteiger charge is -2.15. The van der Waals surface area contributed by atoms with Crippen LogP contribution in [0.25, 0.3) is 11.3 Å². The van der Waals surface area contributed by atoms with E-state index in [9.17, 15) is 8.42 Å². The third-order valence-corrected chi connectivity index (χ3v) is 6.17. The Balaban J connectivity index is 1.73. The third-order valence-electron chi connectivity index (χ3n) is 5.05. The molecule has 28 heavy (non-hydrogen) atoms. The van der Waals surface area contributed by atoms with Gasteiger partial charge < -0.3 is 4.42 Å². The highest BCUT2D eigenvalue weighted by molar-refractivity contribution is 7.90. The lowest BCUT2D eigenvalue weighted by molar-refractivity contribution is 0.518. The molecule has 5 heteroatoms. The van der Waals surface area contributed by atoms with Crippen molar-refractivity contribution in [1.82, 2.24) is 4.98 Å². The largest absolute Gasteiger partial charge is 0.440 e. The van der Waals surface area contributed by atoms with E-state index in [-0.39, 0.29) is 5.92 Å². The molecule has 2 aromatic carbocycles. The van der Waals surface area contributed by atoms with Gasteiger partial charge in [0.25, 0.3) is 0 Å². The van der Waals surface area contributed by atoms with Gasteiger partial charge in [-0.3, -0.25) is 0 Å². The number of sulfone groups is 1. The van der Waals surface area contributed by atoms with Crippen molar-refractivity contribution in [1.29, 1.82) is 0 Å². The van der Waals surface area contributed by atoms with Crippen molar-refractivity contribution >= 4 is 9.84 Å². The molecule has 0 aliphatic heterocycles. The monoisotopic (exact) mass is 393 g/mol. The Labute approximate surface area is 165 Å². The quantitative estimate of drug-likeness (QED) is 0.562. The van der Waals surface area contributed by atoms with Crippen molar-refractivity contribution in [3.63, 3.8) is 0 Å². The smallest absolute Gasteiger partial charge is 0.199 e. The van der Waals surface area contributed by atoms with Crippen LogP contribution in [0.3, 0.4) is 0 Å². The number of rotatable bonds is 5. The molecule has 1 aliphatic carbocycles. The van der Waals surface area contributed by atoms with E-state index in [0.29, 0.717) is 17.2 Å². The van der Waals surface area contributed by atoms with Crippen molar-refractivity contribution in [3.05, 3.63) is 83.9 Å². The summed E-state index contributed by atoms with van der Waals surface area (Å²) in [7, 11) is -3.23. The average molecular weight is 394 g/mol. The van der Waals surface area contributed by atoms with E-state index in [1.807, 2.05) is 18.2 Å². The number of oxazole rings is 1. The number of benzene rings is 2. The summed E-state index contributed by atoms with van der Waals surface area (Å²) in [6.45, 7) is 0. The molecule has 1 aromatic heterocycles. The first-order valence-corrected chi connectivity index (χ1v) is 11.4. The van der Waals surface area contributed by atoms with Gasteiger partial charge in [-0.15, -0.1) is 0 Å². The fourth-order valence-corrected chi connectivity index (χ4v) is 4.21. The first-order valence-electron chi connectivity index (χ1n) is 9.51. The number of hydrogen-bond donors (Lipinski definition) is 0. The lowest BCUT2D eigenvalue weighted by atomic mass is 9.91. The normalized spacial score (nSPS) is 17.0. The molecule has 4 nitrogen and oxygen atoms in total. The molecule has 0 spiro atoms. The van der Waals surface area contributed by atoms with Gasteiger partial charge in [-0.2, -0.15) is 0 Å². The Morgan fingerprint density at radius 2 is 1.82 bits per heavy atom. The van der Waals surface area contributed by atoms with E-state index in [1.165, 1.54) is 6.26 Å². The van der Waals surface area contributed by atoms with Crippen LogP contribution in [0.4, 0.5) is 0 Å². The molecule has 1 atom stereocenters. The van der Waals surface area contributed by atoms with Crippen LogP contribution in [-0.2, 0) is 16.3 Å². The van der Waals surface area contributed by atoms with Gasteiger partial charge in [0.1, 0.15) is 0 Å². The molecule has 1 aliphatic rings. The van der Waals surface area contributed by atoms with Crippen LogP contribution in [0.15, 0.2) is 76.1 Å². The fraction of sp³-hybridized carbons (Fsp3) is 0.261. The van der Waals surface area contributed by atoms with Crippen LogP contribution in [0, 0.1) is 0 Å². The second-order valence-corrected chi connectivity index (χ2v) is 9.26. The summed E-state index contributed by atoms with van der Waals surface area (Å²) >= 11 is 0. The minimum Gasteiger partial charge on any atom is -0.440 e. The summed E-state index contributed by atoms with van der Waals surface area (Å²) in [4.78, 5) is 5.15. The summed E-state index contributed by atoms with van der Waals surface area (Å²) < 4.78 is 29.7. The zero-order valence-electron chi connectivity index (χ0n) is 15.8. The third kappa shape index (κ3) is 4.09. The number of nitrogens with zero attached hydrogens (tertiary/aromatic N) is 1. The van der Waals surface area contributed by atoms with Crippen LogP contribution in [-0.4, -0.2) is 19.7 Å². The Morgan fingerprint density at radius 3 is 2.46 bits per heavy atom. The van der Waals surface area contributed by atoms with Gasteiger partial charge in [-0.25, -0.2) is 13.4 Å². The highest BCUT2D eigenvalue weighted by Crippen LogP contribution is 2.36. The summed E-state index contributed by atoms with van der Waals surface area (Å²) in [6.07, 6.45) is 9.54. The summed E-state index contributed by atoms with van der Waals surface area (Å²) in [5, 5.41) is 0. The molecular formula is C23H23NO3S. The molecule has 0 bridgehead atoms. The zero-order chi connectivity index (χ0) is 19.6. The fourth-order valence-electron chi connectivity index (χ4n) is 3.58. The second kappa shape index (κ2) is 7.76. The molecule has 0 radical (unpaired) electrons. The van der Waals surface area contributed by atoms with E-state index >= 15 is 0 Å². The highest BCUT2D eigenvalue weighted by atomic mass is 32.2. The van der Waals surface area contributed by atoms with Crippen molar-refractivity contribution in [2.45, 2.75) is 36.5 Å². The Morgan fingerprint density at radius 1 is 1.07 bits per heavy atom. The zero-order valence-corrected chi connectivity index (χ0v) is 16.7. The van der Waals surface area contributed by atoms with Crippen molar-refractivity contribution in [3.8, 4) is 11.3 Å². The van der Waals surface area contributed by atoms with Crippen LogP contribution >= 0.6 is 0 Å². The van der Waals surface area contributed by atoms with Gasteiger partial charge in [0.05, 0.1) is 10.6 Å². The maximum absolute atomic E-state index is 11.8. The van der Waals surface area contributed by atoms with E-state index in [1.54, 1.807) is 24.3 Å². The predicted molar refractivity (Wildman–Crippen MR) is 110 cm³/mol. The molecule has 4 rings (SSSR count). The predicted octanol–water partition coefficient (Wildman–Crippen LogP) is 5.16. The van der Waals surface area contributed by atoms with Gasteiger partial charge in [0.15, 0.2) is 21.5 Å². The molecule has 1 unspecified atom stereocenters. The van der Waals surface area contributed by atoms with Gasteiger partial charge in [0, 0.05) is 24.2 Å². The topological polar surface area (TPSA) is 60.2 Å². The van der Waals surface area contributed by atoms with Gasteiger partial charge in [-0.1, -0.05) is 42.5 Å². The molecule has 144 valence electrons. The van der Waals surface area contributed by atoms with Crippen molar-refractivity contribution in [2.75, 3.05) is 6.26 Å². The second-order valence-electron chi connectivity index (χ2n) is 7.25. The van der Waals surface area contributed by atoms with Crippen LogP contribution < -0.4 is 0 Å². The van der Waals surface area contributed by atoms with Gasteiger partial charge >= 0.3 is 0 Å².